The van der Waals surface area contributed by atoms with Gasteiger partial charge in [-0.25, -0.2) is 0 Å². The first kappa shape index (κ1) is 14.7. The van der Waals surface area contributed by atoms with Gasteiger partial charge in [-0.3, -0.25) is 9.89 Å². The molecule has 0 unspecified atom stereocenters. The minimum Gasteiger partial charge on any atom is -0.309 e. The number of nitrogens with one attached hydrogen (secondary N) is 2. The van der Waals surface area contributed by atoms with Gasteiger partial charge >= 0.3 is 0 Å². The van der Waals surface area contributed by atoms with Crippen molar-refractivity contribution in [1.29, 1.82) is 0 Å². The van der Waals surface area contributed by atoms with Crippen LogP contribution in [-0.4, -0.2) is 16.1 Å². The van der Waals surface area contributed by atoms with Crippen LogP contribution in [0.4, 0.5) is 5.82 Å². The fourth-order valence-corrected chi connectivity index (χ4v) is 2.87. The van der Waals surface area contributed by atoms with Crippen molar-refractivity contribution < 1.29 is 4.79 Å². The number of hydrogen-bond donors (Lipinski definition) is 2. The van der Waals surface area contributed by atoms with Crippen molar-refractivity contribution in [3.05, 3.63) is 71.9 Å². The second-order valence-electron chi connectivity index (χ2n) is 6.27. The van der Waals surface area contributed by atoms with Crippen molar-refractivity contribution in [2.45, 2.75) is 25.2 Å². The number of rotatable bonds is 5. The van der Waals surface area contributed by atoms with Crippen LogP contribution in [0.3, 0.4) is 0 Å². The van der Waals surface area contributed by atoms with Crippen LogP contribution in [0.1, 0.15) is 30.0 Å². The standard InChI is InChI=1S/C20H19N3O/c24-20(21-19-13-18(22-23-19)16-9-10-16)12-14-5-4-8-17(11-14)15-6-2-1-3-7-15/h1-8,11,13,16H,9-10,12H2,(H2,21,22,23,24). The number of carbonyl (C=O) groups is 1. The fraction of sp³-hybridized carbons (Fsp3) is 0.200. The molecule has 1 heterocycles. The Hall–Kier alpha value is -2.88. The molecular weight excluding hydrogens is 298 g/mol. The molecule has 0 spiro atoms. The molecule has 0 radical (unpaired) electrons. The minimum atomic E-state index is -0.0472. The van der Waals surface area contributed by atoms with Crippen LogP contribution in [0.5, 0.6) is 0 Å². The number of nitrogens with zero attached hydrogens (tertiary/aromatic N) is 1. The quantitative estimate of drug-likeness (QED) is 0.743. The smallest absolute Gasteiger partial charge is 0.229 e. The van der Waals surface area contributed by atoms with Crippen LogP contribution in [0.25, 0.3) is 11.1 Å². The lowest BCUT2D eigenvalue weighted by Gasteiger charge is -2.06. The summed E-state index contributed by atoms with van der Waals surface area (Å²) < 4.78 is 0. The number of benzene rings is 2. The third-order valence-electron chi connectivity index (χ3n) is 4.28. The maximum absolute atomic E-state index is 12.3. The molecule has 4 heteroatoms. The normalized spacial score (nSPS) is 13.7. The second-order valence-corrected chi connectivity index (χ2v) is 6.27. The van der Waals surface area contributed by atoms with Crippen LogP contribution in [0, 0.1) is 0 Å². The van der Waals surface area contributed by atoms with E-state index in [-0.39, 0.29) is 5.91 Å². The first-order valence-electron chi connectivity index (χ1n) is 8.27. The topological polar surface area (TPSA) is 57.8 Å². The van der Waals surface area contributed by atoms with Crippen LogP contribution in [0.15, 0.2) is 60.7 Å². The largest absolute Gasteiger partial charge is 0.309 e. The molecule has 1 saturated carbocycles. The molecule has 120 valence electrons. The van der Waals surface area contributed by atoms with Gasteiger partial charge in [0.2, 0.25) is 5.91 Å². The lowest BCUT2D eigenvalue weighted by molar-refractivity contribution is -0.115. The second kappa shape index (κ2) is 6.32. The zero-order valence-electron chi connectivity index (χ0n) is 13.3. The van der Waals surface area contributed by atoms with E-state index in [2.05, 4.69) is 39.8 Å². The average molecular weight is 317 g/mol. The van der Waals surface area contributed by atoms with Gasteiger partial charge in [0.05, 0.1) is 6.42 Å². The number of H-pyrrole nitrogens is 1. The third-order valence-corrected chi connectivity index (χ3v) is 4.28. The molecular formula is C20H19N3O. The maximum atomic E-state index is 12.3. The molecule has 0 aliphatic heterocycles. The van der Waals surface area contributed by atoms with E-state index in [1.807, 2.05) is 36.4 Å². The molecule has 4 rings (SSSR count). The lowest BCUT2D eigenvalue weighted by atomic mass is 10.0. The predicted molar refractivity (Wildman–Crippen MR) is 94.8 cm³/mol. The monoisotopic (exact) mass is 317 g/mol. The molecule has 0 saturated heterocycles. The van der Waals surface area contributed by atoms with Crippen LogP contribution >= 0.6 is 0 Å². The Morgan fingerprint density at radius 1 is 1.04 bits per heavy atom. The van der Waals surface area contributed by atoms with E-state index in [1.54, 1.807) is 0 Å². The number of aromatic amines is 1. The molecule has 4 nitrogen and oxygen atoms in total. The lowest BCUT2D eigenvalue weighted by Crippen LogP contribution is -2.14. The molecule has 24 heavy (non-hydrogen) atoms. The molecule has 1 aliphatic rings. The number of anilines is 1. The number of aromatic nitrogens is 2. The van der Waals surface area contributed by atoms with E-state index < -0.39 is 0 Å². The molecule has 0 bridgehead atoms. The van der Waals surface area contributed by atoms with Gasteiger partial charge in [-0.2, -0.15) is 5.10 Å². The highest BCUT2D eigenvalue weighted by atomic mass is 16.1. The van der Waals surface area contributed by atoms with Crippen LogP contribution < -0.4 is 5.32 Å². The van der Waals surface area contributed by atoms with Gasteiger partial charge in [0.25, 0.3) is 0 Å². The van der Waals surface area contributed by atoms with Gasteiger partial charge in [0, 0.05) is 17.7 Å². The van der Waals surface area contributed by atoms with E-state index in [4.69, 9.17) is 0 Å². The van der Waals surface area contributed by atoms with E-state index in [1.165, 1.54) is 12.8 Å². The summed E-state index contributed by atoms with van der Waals surface area (Å²) in [6, 6.07) is 20.2. The molecule has 2 aromatic carbocycles. The summed E-state index contributed by atoms with van der Waals surface area (Å²) in [5.41, 5.74) is 4.39. The van der Waals surface area contributed by atoms with E-state index >= 15 is 0 Å². The molecule has 1 aromatic heterocycles. The first-order valence-corrected chi connectivity index (χ1v) is 8.27. The Kier molecular flexibility index (Phi) is 3.87. The van der Waals surface area contributed by atoms with Gasteiger partial charge < -0.3 is 5.32 Å². The van der Waals surface area contributed by atoms with E-state index in [0.29, 0.717) is 18.2 Å². The highest BCUT2D eigenvalue weighted by Gasteiger charge is 2.25. The summed E-state index contributed by atoms with van der Waals surface area (Å²) in [5, 5.41) is 10.0. The van der Waals surface area contributed by atoms with Crippen LogP contribution in [0.2, 0.25) is 0 Å². The summed E-state index contributed by atoms with van der Waals surface area (Å²) in [4.78, 5) is 12.3. The molecule has 2 N–H and O–H groups in total. The van der Waals surface area contributed by atoms with Crippen molar-refractivity contribution in [3.8, 4) is 11.1 Å². The highest BCUT2D eigenvalue weighted by molar-refractivity contribution is 5.91. The van der Waals surface area contributed by atoms with Crippen molar-refractivity contribution in [2.75, 3.05) is 5.32 Å². The third kappa shape index (κ3) is 3.38. The molecule has 1 amide bonds. The Balaban J connectivity index is 1.43. The van der Waals surface area contributed by atoms with Crippen molar-refractivity contribution in [2.24, 2.45) is 0 Å². The Morgan fingerprint density at radius 3 is 2.62 bits per heavy atom. The van der Waals surface area contributed by atoms with Gasteiger partial charge in [0.1, 0.15) is 0 Å². The number of hydrogen-bond acceptors (Lipinski definition) is 2. The summed E-state index contributed by atoms with van der Waals surface area (Å²) in [6.07, 6.45) is 2.76. The van der Waals surface area contributed by atoms with E-state index in [9.17, 15) is 4.79 Å². The highest BCUT2D eigenvalue weighted by Crippen LogP contribution is 2.39. The summed E-state index contributed by atoms with van der Waals surface area (Å²) in [5.74, 6) is 1.17. The minimum absolute atomic E-state index is 0.0472. The van der Waals surface area contributed by atoms with Gasteiger partial charge in [-0.15, -0.1) is 0 Å². The number of carbonyl (C=O) groups excluding carboxylic acids is 1. The van der Waals surface area contributed by atoms with Crippen molar-refractivity contribution in [3.63, 3.8) is 0 Å². The van der Waals surface area contributed by atoms with Gasteiger partial charge in [-0.05, 0) is 29.5 Å². The zero-order chi connectivity index (χ0) is 16.4. The molecule has 3 aromatic rings. The first-order chi connectivity index (χ1) is 11.8. The van der Waals surface area contributed by atoms with Crippen LogP contribution in [-0.2, 0) is 11.2 Å². The molecule has 1 aliphatic carbocycles. The number of amides is 1. The summed E-state index contributed by atoms with van der Waals surface area (Å²) >= 11 is 0. The van der Waals surface area contributed by atoms with Gasteiger partial charge in [0.15, 0.2) is 5.82 Å². The molecule has 1 fully saturated rings. The van der Waals surface area contributed by atoms with E-state index in [0.717, 1.165) is 22.4 Å². The van der Waals surface area contributed by atoms with Crippen molar-refractivity contribution >= 4 is 11.7 Å². The maximum Gasteiger partial charge on any atom is 0.229 e. The average Bonchev–Trinajstić information content (AvgIpc) is 3.36. The fourth-order valence-electron chi connectivity index (χ4n) is 2.87. The Bertz CT molecular complexity index is 850. The Morgan fingerprint density at radius 2 is 1.83 bits per heavy atom. The predicted octanol–water partition coefficient (Wildman–Crippen LogP) is 4.14. The van der Waals surface area contributed by atoms with Gasteiger partial charge in [-0.1, -0.05) is 54.6 Å². The van der Waals surface area contributed by atoms with Crippen molar-refractivity contribution in [1.82, 2.24) is 10.2 Å². The Labute approximate surface area is 140 Å². The molecule has 0 atom stereocenters. The zero-order valence-corrected chi connectivity index (χ0v) is 13.3. The summed E-state index contributed by atoms with van der Waals surface area (Å²) in [6.45, 7) is 0. The summed E-state index contributed by atoms with van der Waals surface area (Å²) in [7, 11) is 0. The SMILES string of the molecule is O=C(Cc1cccc(-c2ccccc2)c1)Nc1cc(C2CC2)[nH]n1.